The number of hydrogen-bond acceptors (Lipinski definition) is 7. The molecule has 7 nitrogen and oxygen atoms in total. The highest BCUT2D eigenvalue weighted by Crippen LogP contribution is 2.26. The van der Waals surface area contributed by atoms with E-state index in [-0.39, 0.29) is 18.9 Å². The lowest BCUT2D eigenvalue weighted by atomic mass is 10.1. The Labute approximate surface area is 162 Å². The molecule has 142 valence electrons. The zero-order valence-electron chi connectivity index (χ0n) is 15.1. The van der Waals surface area contributed by atoms with Crippen LogP contribution in [0.1, 0.15) is 24.0 Å². The molecule has 1 aromatic carbocycles. The van der Waals surface area contributed by atoms with Crippen LogP contribution in [-0.4, -0.2) is 43.6 Å². The monoisotopic (exact) mass is 414 g/mol. The van der Waals surface area contributed by atoms with E-state index < -0.39 is 10.0 Å². The topological polar surface area (TPSA) is 92.3 Å². The third-order valence-corrected chi connectivity index (χ3v) is 6.83. The van der Waals surface area contributed by atoms with Gasteiger partial charge >= 0.3 is 0 Å². The summed E-state index contributed by atoms with van der Waals surface area (Å²) < 4.78 is 26.5. The molecule has 0 bridgehead atoms. The van der Waals surface area contributed by atoms with Crippen molar-refractivity contribution < 1.29 is 13.2 Å². The maximum atomic E-state index is 12.2. The maximum absolute atomic E-state index is 12.2. The van der Waals surface area contributed by atoms with E-state index in [4.69, 9.17) is 0 Å². The van der Waals surface area contributed by atoms with Gasteiger partial charge in [-0.3, -0.25) is 9.10 Å². The summed E-state index contributed by atoms with van der Waals surface area (Å²) in [6.07, 6.45) is 3.67. The number of thioether (sulfide) groups is 1. The van der Waals surface area contributed by atoms with Crippen LogP contribution in [-0.2, 0) is 14.8 Å². The van der Waals surface area contributed by atoms with Crippen molar-refractivity contribution in [2.24, 2.45) is 0 Å². The number of rotatable bonds is 8. The number of sulfonamides is 1. The fourth-order valence-corrected chi connectivity index (χ4v) is 4.58. The van der Waals surface area contributed by atoms with Gasteiger partial charge in [-0.15, -0.1) is 10.2 Å². The van der Waals surface area contributed by atoms with E-state index >= 15 is 0 Å². The molecule has 0 fully saturated rings. The highest BCUT2D eigenvalue weighted by molar-refractivity contribution is 8.00. The van der Waals surface area contributed by atoms with Gasteiger partial charge in [0.2, 0.25) is 21.1 Å². The number of anilines is 2. The van der Waals surface area contributed by atoms with Crippen LogP contribution in [0.15, 0.2) is 22.5 Å². The van der Waals surface area contributed by atoms with E-state index in [2.05, 4.69) is 15.5 Å². The number of hydrogen-bond donors (Lipinski definition) is 1. The highest BCUT2D eigenvalue weighted by Gasteiger charge is 2.20. The number of nitrogens with zero attached hydrogens (tertiary/aromatic N) is 3. The smallest absolute Gasteiger partial charge is 0.232 e. The van der Waals surface area contributed by atoms with E-state index in [9.17, 15) is 13.2 Å². The number of benzene rings is 1. The number of aromatic nitrogens is 2. The second-order valence-electron chi connectivity index (χ2n) is 5.78. The fraction of sp³-hybridized carbons (Fsp3) is 0.438. The summed E-state index contributed by atoms with van der Waals surface area (Å²) >= 11 is 2.77. The molecule has 0 saturated carbocycles. The molecule has 0 saturated heterocycles. The SMILES string of the molecule is CSc1nnc(NC(=O)CCCN(c2cccc(C)c2C)S(C)(=O)=O)s1. The van der Waals surface area contributed by atoms with Crippen LogP contribution in [0.5, 0.6) is 0 Å². The van der Waals surface area contributed by atoms with Crippen LogP contribution < -0.4 is 9.62 Å². The van der Waals surface area contributed by atoms with Gasteiger partial charge in [-0.25, -0.2) is 8.42 Å². The van der Waals surface area contributed by atoms with Crippen LogP contribution in [0.4, 0.5) is 10.8 Å². The summed E-state index contributed by atoms with van der Waals surface area (Å²) in [4.78, 5) is 12.1. The number of carbonyl (C=O) groups excluding carboxylic acids is 1. The molecule has 1 N–H and O–H groups in total. The lowest BCUT2D eigenvalue weighted by molar-refractivity contribution is -0.116. The quantitative estimate of drug-likeness (QED) is 0.527. The first-order chi connectivity index (χ1) is 12.2. The van der Waals surface area contributed by atoms with Crippen molar-refractivity contribution in [2.75, 3.05) is 28.7 Å². The van der Waals surface area contributed by atoms with Gasteiger partial charge in [-0.05, 0) is 43.7 Å². The Morgan fingerprint density at radius 1 is 1.31 bits per heavy atom. The minimum atomic E-state index is -3.44. The van der Waals surface area contributed by atoms with Crippen LogP contribution in [0.3, 0.4) is 0 Å². The van der Waals surface area contributed by atoms with Crippen molar-refractivity contribution in [2.45, 2.75) is 31.0 Å². The van der Waals surface area contributed by atoms with Gasteiger partial charge in [-0.2, -0.15) is 0 Å². The zero-order chi connectivity index (χ0) is 19.3. The fourth-order valence-electron chi connectivity index (χ4n) is 2.38. The summed E-state index contributed by atoms with van der Waals surface area (Å²) in [5.41, 5.74) is 2.59. The van der Waals surface area contributed by atoms with E-state index in [0.29, 0.717) is 17.2 Å². The summed E-state index contributed by atoms with van der Waals surface area (Å²) in [7, 11) is -3.44. The third-order valence-electron chi connectivity index (χ3n) is 3.84. The molecule has 0 spiro atoms. The van der Waals surface area contributed by atoms with Crippen molar-refractivity contribution in [1.82, 2.24) is 10.2 Å². The Kier molecular flexibility index (Phi) is 7.01. The number of carbonyl (C=O) groups is 1. The molecule has 10 heteroatoms. The predicted octanol–water partition coefficient (Wildman–Crippen LogP) is 3.06. The predicted molar refractivity (Wildman–Crippen MR) is 108 cm³/mol. The number of aryl methyl sites for hydroxylation is 1. The van der Waals surface area contributed by atoms with Crippen LogP contribution in [0.2, 0.25) is 0 Å². The van der Waals surface area contributed by atoms with E-state index in [0.717, 1.165) is 15.5 Å². The van der Waals surface area contributed by atoms with Crippen molar-refractivity contribution in [3.8, 4) is 0 Å². The molecule has 0 aliphatic carbocycles. The van der Waals surface area contributed by atoms with Crippen LogP contribution >= 0.6 is 23.1 Å². The zero-order valence-corrected chi connectivity index (χ0v) is 17.6. The largest absolute Gasteiger partial charge is 0.301 e. The number of nitrogens with one attached hydrogen (secondary N) is 1. The van der Waals surface area contributed by atoms with Gasteiger partial charge in [0.1, 0.15) is 0 Å². The maximum Gasteiger partial charge on any atom is 0.232 e. The minimum Gasteiger partial charge on any atom is -0.301 e. The second-order valence-corrected chi connectivity index (χ2v) is 9.72. The van der Waals surface area contributed by atoms with E-state index in [1.165, 1.54) is 33.7 Å². The summed E-state index contributed by atoms with van der Waals surface area (Å²) in [5, 5.41) is 10.9. The summed E-state index contributed by atoms with van der Waals surface area (Å²) in [5.74, 6) is -0.205. The molecule has 0 atom stereocenters. The third kappa shape index (κ3) is 5.42. The molecule has 1 aromatic heterocycles. The average molecular weight is 415 g/mol. The van der Waals surface area contributed by atoms with Crippen LogP contribution in [0, 0.1) is 13.8 Å². The summed E-state index contributed by atoms with van der Waals surface area (Å²) in [6.45, 7) is 4.08. The van der Waals surface area contributed by atoms with E-state index in [1.54, 1.807) is 6.07 Å². The summed E-state index contributed by atoms with van der Waals surface area (Å²) in [6, 6.07) is 5.56. The first-order valence-electron chi connectivity index (χ1n) is 7.93. The lowest BCUT2D eigenvalue weighted by Gasteiger charge is -2.24. The van der Waals surface area contributed by atoms with Crippen molar-refractivity contribution >= 4 is 49.8 Å². The molecule has 1 amide bonds. The van der Waals surface area contributed by atoms with Gasteiger partial charge in [-0.1, -0.05) is 35.2 Å². The molecule has 0 aliphatic rings. The molecule has 26 heavy (non-hydrogen) atoms. The molecule has 0 aliphatic heterocycles. The van der Waals surface area contributed by atoms with Gasteiger partial charge in [0.25, 0.3) is 0 Å². The molecular weight excluding hydrogens is 392 g/mol. The van der Waals surface area contributed by atoms with Crippen LogP contribution in [0.25, 0.3) is 0 Å². The molecule has 1 heterocycles. The highest BCUT2D eigenvalue weighted by atomic mass is 32.2. The Hall–Kier alpha value is -1.65. The van der Waals surface area contributed by atoms with Crippen molar-refractivity contribution in [3.63, 3.8) is 0 Å². The van der Waals surface area contributed by atoms with Gasteiger partial charge < -0.3 is 5.32 Å². The Morgan fingerprint density at radius 3 is 2.65 bits per heavy atom. The molecule has 0 radical (unpaired) electrons. The van der Waals surface area contributed by atoms with Gasteiger partial charge in [0.05, 0.1) is 11.9 Å². The van der Waals surface area contributed by atoms with Crippen molar-refractivity contribution in [1.29, 1.82) is 0 Å². The molecule has 2 aromatic rings. The van der Waals surface area contributed by atoms with Gasteiger partial charge in [0.15, 0.2) is 4.34 Å². The van der Waals surface area contributed by atoms with E-state index in [1.807, 2.05) is 32.2 Å². The molecule has 2 rings (SSSR count). The Bertz CT molecular complexity index is 881. The number of amides is 1. The van der Waals surface area contributed by atoms with Crippen molar-refractivity contribution in [3.05, 3.63) is 29.3 Å². The standard InChI is InChI=1S/C16H22N4O3S3/c1-11-7-5-8-13(12(11)2)20(26(4,22)23)10-6-9-14(21)17-15-18-19-16(24-3)25-15/h5,7-8H,6,9-10H2,1-4H3,(H,17,18,21). The first-order valence-corrected chi connectivity index (χ1v) is 11.8. The first kappa shape index (κ1) is 20.7. The average Bonchev–Trinajstić information content (AvgIpc) is 3.01. The van der Waals surface area contributed by atoms with Gasteiger partial charge in [0, 0.05) is 13.0 Å². The molecule has 0 unspecified atom stereocenters. The second kappa shape index (κ2) is 8.83. The lowest BCUT2D eigenvalue weighted by Crippen LogP contribution is -2.32. The Morgan fingerprint density at radius 2 is 2.04 bits per heavy atom. The Balaban J connectivity index is 1.99. The normalized spacial score (nSPS) is 11.4. The molecular formula is C16H22N4O3S3. The minimum absolute atomic E-state index is 0.199.